The smallest absolute Gasteiger partial charge is 0.273 e. The molecule has 3 heterocycles. The third kappa shape index (κ3) is 4.28. The summed E-state index contributed by atoms with van der Waals surface area (Å²) in [5.74, 6) is 0.430. The van der Waals surface area contributed by atoms with E-state index in [1.807, 2.05) is 25.1 Å². The molecule has 1 fully saturated rings. The van der Waals surface area contributed by atoms with Crippen LogP contribution in [0, 0.1) is 37.8 Å². The number of ether oxygens (including phenoxy) is 1. The first-order valence-corrected chi connectivity index (χ1v) is 12.7. The summed E-state index contributed by atoms with van der Waals surface area (Å²) in [6.45, 7) is 8.27. The fraction of sp³-hybridized carbons (Fsp3) is 0.241. The van der Waals surface area contributed by atoms with Gasteiger partial charge < -0.3 is 19.5 Å². The number of hydrogen-bond acceptors (Lipinski definition) is 5. The number of aromatic nitrogens is 2. The number of pyridine rings is 1. The van der Waals surface area contributed by atoms with Crippen LogP contribution in [0.3, 0.4) is 0 Å². The van der Waals surface area contributed by atoms with Gasteiger partial charge in [0.1, 0.15) is 5.75 Å². The largest absolute Gasteiger partial charge is 0.494 e. The van der Waals surface area contributed by atoms with Crippen LogP contribution in [-0.4, -0.2) is 26.7 Å². The lowest BCUT2D eigenvalue weighted by molar-refractivity contribution is -0.384. The molecule has 2 aromatic carbocycles. The van der Waals surface area contributed by atoms with Gasteiger partial charge in [0.05, 0.1) is 41.6 Å². The van der Waals surface area contributed by atoms with Crippen LogP contribution in [0.25, 0.3) is 5.69 Å². The molecule has 0 radical (unpaired) electrons. The zero-order valence-corrected chi connectivity index (χ0v) is 22.7. The van der Waals surface area contributed by atoms with Gasteiger partial charge in [-0.25, -0.2) is 0 Å². The molecule has 9 heteroatoms. The summed E-state index contributed by atoms with van der Waals surface area (Å²) in [6, 6.07) is 18.8. The average Bonchev–Trinajstić information content (AvgIpc) is 3.40. The lowest BCUT2D eigenvalue weighted by Gasteiger charge is -2.28. The van der Waals surface area contributed by atoms with Crippen LogP contribution in [0.15, 0.2) is 66.9 Å². The van der Waals surface area contributed by atoms with Crippen LogP contribution in [0.5, 0.6) is 5.75 Å². The summed E-state index contributed by atoms with van der Waals surface area (Å²) in [5.41, 5.74) is 8.05. The maximum absolute atomic E-state index is 11.4. The van der Waals surface area contributed by atoms with E-state index in [0.717, 1.165) is 34.0 Å². The first-order valence-electron chi connectivity index (χ1n) is 12.3. The molecular formula is C29H29N5O3S. The minimum atomic E-state index is -0.420. The second kappa shape index (κ2) is 9.90. The normalized spacial score (nSPS) is 17.0. The number of benzene rings is 2. The average molecular weight is 528 g/mol. The van der Waals surface area contributed by atoms with E-state index in [1.54, 1.807) is 12.3 Å². The number of hydrogen-bond donors (Lipinski definition) is 1. The predicted octanol–water partition coefficient (Wildman–Crippen LogP) is 6.20. The highest BCUT2D eigenvalue weighted by atomic mass is 32.1. The fourth-order valence-corrected chi connectivity index (χ4v) is 5.59. The molecule has 1 aliphatic heterocycles. The highest BCUT2D eigenvalue weighted by Crippen LogP contribution is 2.44. The summed E-state index contributed by atoms with van der Waals surface area (Å²) in [5, 5.41) is 15.5. The Hall–Kier alpha value is -4.24. The molecule has 2 aromatic heterocycles. The van der Waals surface area contributed by atoms with Crippen LogP contribution >= 0.6 is 12.2 Å². The predicted molar refractivity (Wildman–Crippen MR) is 152 cm³/mol. The van der Waals surface area contributed by atoms with Gasteiger partial charge in [-0.15, -0.1) is 0 Å². The molecule has 8 nitrogen and oxygen atoms in total. The Bertz CT molecular complexity index is 1550. The number of methoxy groups -OCH3 is 1. The van der Waals surface area contributed by atoms with Crippen LogP contribution < -0.4 is 15.0 Å². The van der Waals surface area contributed by atoms with Crippen LogP contribution in [0.2, 0.25) is 0 Å². The van der Waals surface area contributed by atoms with Crippen molar-refractivity contribution in [3.63, 3.8) is 0 Å². The number of aryl methyl sites for hydroxylation is 3. The first-order chi connectivity index (χ1) is 18.2. The Kier molecular flexibility index (Phi) is 6.62. The van der Waals surface area contributed by atoms with Gasteiger partial charge in [-0.3, -0.25) is 15.1 Å². The van der Waals surface area contributed by atoms with Crippen molar-refractivity contribution in [3.05, 3.63) is 111 Å². The van der Waals surface area contributed by atoms with Crippen LogP contribution in [-0.2, 0) is 0 Å². The van der Waals surface area contributed by atoms with E-state index < -0.39 is 4.92 Å². The summed E-state index contributed by atoms with van der Waals surface area (Å²) < 4.78 is 7.66. The van der Waals surface area contributed by atoms with E-state index in [1.165, 1.54) is 30.4 Å². The van der Waals surface area contributed by atoms with Gasteiger partial charge in [0.15, 0.2) is 5.11 Å². The molecule has 1 saturated heterocycles. The Balaban J connectivity index is 1.69. The van der Waals surface area contributed by atoms with Crippen molar-refractivity contribution in [2.45, 2.75) is 39.8 Å². The van der Waals surface area contributed by atoms with Gasteiger partial charge in [0.2, 0.25) is 0 Å². The molecule has 194 valence electrons. The molecule has 5 rings (SSSR count). The Morgan fingerprint density at radius 3 is 2.47 bits per heavy atom. The van der Waals surface area contributed by atoms with Gasteiger partial charge >= 0.3 is 0 Å². The number of thiocarbonyl (C=S) groups is 1. The molecule has 1 N–H and O–H groups in total. The van der Waals surface area contributed by atoms with Crippen molar-refractivity contribution in [1.29, 1.82) is 0 Å². The zero-order chi connectivity index (χ0) is 27.1. The minimum Gasteiger partial charge on any atom is -0.494 e. The van der Waals surface area contributed by atoms with E-state index in [4.69, 9.17) is 17.0 Å². The second-order valence-corrected chi connectivity index (χ2v) is 9.93. The van der Waals surface area contributed by atoms with Gasteiger partial charge in [0, 0.05) is 29.3 Å². The van der Waals surface area contributed by atoms with Crippen molar-refractivity contribution in [3.8, 4) is 11.4 Å². The Morgan fingerprint density at radius 1 is 1.03 bits per heavy atom. The molecule has 0 saturated carbocycles. The molecule has 0 amide bonds. The molecular weight excluding hydrogens is 498 g/mol. The number of nitrogens with zero attached hydrogens (tertiary/aromatic N) is 4. The van der Waals surface area contributed by atoms with Crippen molar-refractivity contribution >= 4 is 28.7 Å². The number of rotatable bonds is 6. The molecule has 2 unspecified atom stereocenters. The topological polar surface area (TPSA) is 85.5 Å². The zero-order valence-electron chi connectivity index (χ0n) is 21.9. The van der Waals surface area contributed by atoms with Gasteiger partial charge in [-0.1, -0.05) is 12.1 Å². The second-order valence-electron chi connectivity index (χ2n) is 9.54. The highest BCUT2D eigenvalue weighted by Gasteiger charge is 2.42. The number of nitro groups is 1. The van der Waals surface area contributed by atoms with E-state index in [-0.39, 0.29) is 17.8 Å². The van der Waals surface area contributed by atoms with Gasteiger partial charge in [0.25, 0.3) is 5.69 Å². The Labute approximate surface area is 227 Å². The highest BCUT2D eigenvalue weighted by molar-refractivity contribution is 7.80. The standard InChI is InChI=1S/C29H29N5O3S/c1-17-9-10-21(14-18(17)2)33-28(27(31-29(33)38)24-8-6-7-13-30-24)23-15-19(3)32(20(23)4)25-12-11-22(34(35)36)16-26(25)37-5/h6-16,27-28H,1-5H3,(H,31,38). The van der Waals surface area contributed by atoms with E-state index in [2.05, 4.69) is 64.8 Å². The van der Waals surface area contributed by atoms with Crippen LogP contribution in [0.4, 0.5) is 11.4 Å². The number of nitro benzene ring substituents is 1. The van der Waals surface area contributed by atoms with Crippen LogP contribution in [0.1, 0.15) is 45.9 Å². The fourth-order valence-electron chi connectivity index (χ4n) is 5.25. The lowest BCUT2D eigenvalue weighted by Crippen LogP contribution is -2.29. The molecule has 38 heavy (non-hydrogen) atoms. The molecule has 1 aliphatic rings. The molecule has 4 aromatic rings. The first kappa shape index (κ1) is 25.4. The molecule has 0 bridgehead atoms. The Morgan fingerprint density at radius 2 is 1.82 bits per heavy atom. The van der Waals surface area contributed by atoms with E-state index in [0.29, 0.717) is 10.9 Å². The number of anilines is 1. The SMILES string of the molecule is COc1cc([N+](=O)[O-])ccc1-n1c(C)cc(C2C(c3ccccn3)NC(=S)N2c2ccc(C)c(C)c2)c1C. The maximum Gasteiger partial charge on any atom is 0.273 e. The lowest BCUT2D eigenvalue weighted by atomic mass is 9.96. The van der Waals surface area contributed by atoms with Crippen molar-refractivity contribution in [2.24, 2.45) is 0 Å². The van der Waals surface area contributed by atoms with Crippen molar-refractivity contribution in [2.75, 3.05) is 12.0 Å². The third-order valence-corrected chi connectivity index (χ3v) is 7.59. The summed E-state index contributed by atoms with van der Waals surface area (Å²) >= 11 is 5.90. The van der Waals surface area contributed by atoms with E-state index >= 15 is 0 Å². The number of nitrogens with one attached hydrogen (secondary N) is 1. The maximum atomic E-state index is 11.4. The quantitative estimate of drug-likeness (QED) is 0.182. The minimum absolute atomic E-state index is 0.0187. The van der Waals surface area contributed by atoms with Crippen molar-refractivity contribution < 1.29 is 9.66 Å². The summed E-state index contributed by atoms with van der Waals surface area (Å²) in [4.78, 5) is 17.8. The molecule has 0 spiro atoms. The monoisotopic (exact) mass is 527 g/mol. The third-order valence-electron chi connectivity index (χ3n) is 7.27. The van der Waals surface area contributed by atoms with E-state index in [9.17, 15) is 10.1 Å². The number of non-ortho nitro benzene ring substituents is 1. The van der Waals surface area contributed by atoms with Crippen molar-refractivity contribution in [1.82, 2.24) is 14.9 Å². The van der Waals surface area contributed by atoms with Gasteiger partial charge in [-0.05, 0) is 93.0 Å². The molecule has 0 aliphatic carbocycles. The van der Waals surface area contributed by atoms with Gasteiger partial charge in [-0.2, -0.15) is 0 Å². The summed E-state index contributed by atoms with van der Waals surface area (Å²) in [6.07, 6.45) is 1.79. The molecule has 2 atom stereocenters. The summed E-state index contributed by atoms with van der Waals surface area (Å²) in [7, 11) is 1.52.